The lowest BCUT2D eigenvalue weighted by Gasteiger charge is -2.16. The molecule has 0 saturated carbocycles. The molecule has 0 unspecified atom stereocenters. The molecule has 166 valence electrons. The number of esters is 1. The average molecular weight is 435 g/mol. The number of carbonyl (C=O) groups is 1. The largest absolute Gasteiger partial charge is 0.426 e. The maximum atomic E-state index is 13.4. The van der Waals surface area contributed by atoms with Crippen LogP contribution in [0.3, 0.4) is 0 Å². The summed E-state index contributed by atoms with van der Waals surface area (Å²) in [4.78, 5) is 40.5. The fourth-order valence-electron chi connectivity index (χ4n) is 3.46. The van der Waals surface area contributed by atoms with Crippen molar-refractivity contribution in [2.45, 2.75) is 46.6 Å². The summed E-state index contributed by atoms with van der Waals surface area (Å²) >= 11 is 0. The van der Waals surface area contributed by atoms with Gasteiger partial charge in [0.1, 0.15) is 11.6 Å². The lowest BCUT2D eigenvalue weighted by atomic mass is 10.0. The number of benzene rings is 2. The van der Waals surface area contributed by atoms with Crippen molar-refractivity contribution in [1.82, 2.24) is 9.55 Å². The summed E-state index contributed by atoms with van der Waals surface area (Å²) in [7, 11) is 0. The highest BCUT2D eigenvalue weighted by atomic mass is 16.6. The fourth-order valence-corrected chi connectivity index (χ4v) is 3.46. The van der Waals surface area contributed by atoms with E-state index in [0.717, 1.165) is 12.8 Å². The molecule has 2 aromatic carbocycles. The summed E-state index contributed by atoms with van der Waals surface area (Å²) in [5, 5.41) is 10.9. The second-order valence-corrected chi connectivity index (χ2v) is 7.50. The lowest BCUT2D eigenvalue weighted by molar-refractivity contribution is -0.384. The monoisotopic (exact) mass is 435 g/mol. The van der Waals surface area contributed by atoms with Gasteiger partial charge in [0.05, 0.1) is 22.7 Å². The predicted molar refractivity (Wildman–Crippen MR) is 121 cm³/mol. The molecule has 32 heavy (non-hydrogen) atoms. The zero-order valence-electron chi connectivity index (χ0n) is 18.3. The smallest absolute Gasteiger partial charge is 0.311 e. The number of hydrogen-bond acceptors (Lipinski definition) is 6. The Balaban J connectivity index is 1.98. The van der Waals surface area contributed by atoms with Crippen LogP contribution in [-0.2, 0) is 11.3 Å². The van der Waals surface area contributed by atoms with Crippen molar-refractivity contribution in [3.8, 4) is 16.9 Å². The number of para-hydroxylation sites is 1. The predicted octanol–water partition coefficient (Wildman–Crippen LogP) is 4.58. The van der Waals surface area contributed by atoms with Crippen molar-refractivity contribution >= 4 is 11.7 Å². The highest BCUT2D eigenvalue weighted by molar-refractivity contribution is 5.72. The van der Waals surface area contributed by atoms with E-state index in [-0.39, 0.29) is 23.8 Å². The quantitative estimate of drug-likeness (QED) is 0.222. The molecule has 1 aromatic heterocycles. The molecule has 0 fully saturated rings. The van der Waals surface area contributed by atoms with E-state index in [1.54, 1.807) is 44.2 Å². The molecule has 0 radical (unpaired) electrons. The SMILES string of the molecule is CCCCC(=O)Oc1ccccc1Cn1c(C)nc(C)c(-c2ccc([N+](=O)[O-])cc2)c1=O. The third-order valence-electron chi connectivity index (χ3n) is 5.17. The van der Waals surface area contributed by atoms with Gasteiger partial charge in [-0.3, -0.25) is 24.3 Å². The lowest BCUT2D eigenvalue weighted by Crippen LogP contribution is -2.27. The van der Waals surface area contributed by atoms with Gasteiger partial charge >= 0.3 is 5.97 Å². The van der Waals surface area contributed by atoms with Crippen LogP contribution in [0.1, 0.15) is 43.3 Å². The highest BCUT2D eigenvalue weighted by Gasteiger charge is 2.17. The molecular formula is C24H25N3O5. The zero-order chi connectivity index (χ0) is 23.3. The first-order valence-electron chi connectivity index (χ1n) is 10.4. The van der Waals surface area contributed by atoms with E-state index in [2.05, 4.69) is 4.98 Å². The summed E-state index contributed by atoms with van der Waals surface area (Å²) in [6, 6.07) is 12.9. The summed E-state index contributed by atoms with van der Waals surface area (Å²) < 4.78 is 7.05. The molecular weight excluding hydrogens is 410 g/mol. The Morgan fingerprint density at radius 3 is 2.47 bits per heavy atom. The Hall–Kier alpha value is -3.81. The number of aromatic nitrogens is 2. The molecule has 0 amide bonds. The molecule has 0 atom stereocenters. The second-order valence-electron chi connectivity index (χ2n) is 7.50. The molecule has 0 N–H and O–H groups in total. The van der Waals surface area contributed by atoms with Crippen molar-refractivity contribution in [1.29, 1.82) is 0 Å². The Morgan fingerprint density at radius 2 is 1.81 bits per heavy atom. The van der Waals surface area contributed by atoms with E-state index in [1.807, 2.05) is 13.0 Å². The Labute approximate surface area is 185 Å². The van der Waals surface area contributed by atoms with Crippen molar-refractivity contribution in [2.24, 2.45) is 0 Å². The van der Waals surface area contributed by atoms with Gasteiger partial charge in [0, 0.05) is 24.1 Å². The van der Waals surface area contributed by atoms with Crippen LogP contribution in [0, 0.1) is 24.0 Å². The van der Waals surface area contributed by atoms with Crippen LogP contribution >= 0.6 is 0 Å². The summed E-state index contributed by atoms with van der Waals surface area (Å²) in [5.74, 6) is 0.625. The molecule has 3 aromatic rings. The fraction of sp³-hybridized carbons (Fsp3) is 0.292. The van der Waals surface area contributed by atoms with Crippen LogP contribution in [0.5, 0.6) is 5.75 Å². The van der Waals surface area contributed by atoms with E-state index in [0.29, 0.717) is 40.4 Å². The van der Waals surface area contributed by atoms with Crippen molar-refractivity contribution < 1.29 is 14.5 Å². The highest BCUT2D eigenvalue weighted by Crippen LogP contribution is 2.24. The van der Waals surface area contributed by atoms with Crippen molar-refractivity contribution in [3.63, 3.8) is 0 Å². The van der Waals surface area contributed by atoms with E-state index in [9.17, 15) is 19.7 Å². The van der Waals surface area contributed by atoms with Gasteiger partial charge in [-0.1, -0.05) is 31.5 Å². The zero-order valence-corrected chi connectivity index (χ0v) is 18.3. The molecule has 8 heteroatoms. The number of unbranched alkanes of at least 4 members (excludes halogenated alkanes) is 1. The van der Waals surface area contributed by atoms with E-state index in [1.165, 1.54) is 16.7 Å². The molecule has 0 aliphatic rings. The van der Waals surface area contributed by atoms with E-state index < -0.39 is 4.92 Å². The minimum absolute atomic E-state index is 0.0504. The summed E-state index contributed by atoms with van der Waals surface area (Å²) in [6.07, 6.45) is 1.98. The Kier molecular flexibility index (Phi) is 7.14. The van der Waals surface area contributed by atoms with Gasteiger partial charge < -0.3 is 4.74 Å². The van der Waals surface area contributed by atoms with Gasteiger partial charge in [0.15, 0.2) is 0 Å². The third-order valence-corrected chi connectivity index (χ3v) is 5.17. The molecule has 0 bridgehead atoms. The molecule has 0 aliphatic carbocycles. The number of nitro groups is 1. The standard InChI is InChI=1S/C24H25N3O5/c1-4-5-10-22(28)32-21-9-7-6-8-19(21)15-26-17(3)25-16(2)23(24(26)29)18-11-13-20(14-12-18)27(30)31/h6-9,11-14H,4-5,10,15H2,1-3H3. The van der Waals surface area contributed by atoms with Crippen molar-refractivity contribution in [3.05, 3.63) is 86.1 Å². The molecule has 0 aliphatic heterocycles. The molecule has 8 nitrogen and oxygen atoms in total. The van der Waals surface area contributed by atoms with Gasteiger partial charge in [-0.05, 0) is 44.0 Å². The number of carbonyl (C=O) groups excluding carboxylic acids is 1. The van der Waals surface area contributed by atoms with Crippen LogP contribution in [-0.4, -0.2) is 20.4 Å². The second kappa shape index (κ2) is 10.00. The molecule has 0 saturated heterocycles. The number of hydrogen-bond donors (Lipinski definition) is 0. The third kappa shape index (κ3) is 5.08. The normalized spacial score (nSPS) is 10.7. The number of rotatable bonds is 8. The van der Waals surface area contributed by atoms with E-state index >= 15 is 0 Å². The number of nitro benzene ring substituents is 1. The summed E-state index contributed by atoms with van der Waals surface area (Å²) in [6.45, 7) is 5.65. The maximum absolute atomic E-state index is 13.4. The first-order valence-corrected chi connectivity index (χ1v) is 10.4. The van der Waals surface area contributed by atoms with Crippen LogP contribution in [0.25, 0.3) is 11.1 Å². The number of non-ortho nitro benzene ring substituents is 1. The number of aryl methyl sites for hydroxylation is 2. The minimum Gasteiger partial charge on any atom is -0.426 e. The first-order chi connectivity index (χ1) is 15.3. The van der Waals surface area contributed by atoms with Crippen molar-refractivity contribution in [2.75, 3.05) is 0 Å². The van der Waals surface area contributed by atoms with Gasteiger partial charge in [0.25, 0.3) is 11.2 Å². The van der Waals surface area contributed by atoms with Gasteiger partial charge in [0.2, 0.25) is 0 Å². The number of nitrogens with zero attached hydrogens (tertiary/aromatic N) is 3. The Morgan fingerprint density at radius 1 is 1.12 bits per heavy atom. The average Bonchev–Trinajstić information content (AvgIpc) is 2.76. The van der Waals surface area contributed by atoms with Crippen LogP contribution in [0.15, 0.2) is 53.3 Å². The molecule has 3 rings (SSSR count). The van der Waals surface area contributed by atoms with Gasteiger partial charge in [-0.2, -0.15) is 0 Å². The first kappa shape index (κ1) is 22.9. The van der Waals surface area contributed by atoms with Crippen LogP contribution < -0.4 is 10.3 Å². The minimum atomic E-state index is -0.485. The molecule has 0 spiro atoms. The maximum Gasteiger partial charge on any atom is 0.311 e. The van der Waals surface area contributed by atoms with Gasteiger partial charge in [-0.25, -0.2) is 4.98 Å². The van der Waals surface area contributed by atoms with E-state index in [4.69, 9.17) is 4.74 Å². The Bertz CT molecular complexity index is 1200. The summed E-state index contributed by atoms with van der Waals surface area (Å²) in [5.41, 5.74) is 1.84. The van der Waals surface area contributed by atoms with Gasteiger partial charge in [-0.15, -0.1) is 0 Å². The molecule has 1 heterocycles. The van der Waals surface area contributed by atoms with Crippen LogP contribution in [0.4, 0.5) is 5.69 Å². The van der Waals surface area contributed by atoms with Crippen LogP contribution in [0.2, 0.25) is 0 Å². The topological polar surface area (TPSA) is 104 Å². The number of ether oxygens (including phenoxy) is 1.